The van der Waals surface area contributed by atoms with E-state index in [4.69, 9.17) is 0 Å². The van der Waals surface area contributed by atoms with Crippen LogP contribution in [0, 0.1) is 0 Å². The minimum absolute atomic E-state index is 0.126. The predicted octanol–water partition coefficient (Wildman–Crippen LogP) is 16.5. The lowest BCUT2D eigenvalue weighted by Crippen LogP contribution is -2.16. The molecule has 10 aromatic rings. The van der Waals surface area contributed by atoms with Gasteiger partial charge in [-0.1, -0.05) is 159 Å². The van der Waals surface area contributed by atoms with Crippen LogP contribution in [-0.4, -0.2) is 10.2 Å². The van der Waals surface area contributed by atoms with E-state index in [2.05, 4.69) is 181 Å². The summed E-state index contributed by atoms with van der Waals surface area (Å²) in [4.78, 5) is 4.50. The molecular weight excluding hydrogens is 793 g/mol. The standard InChI is InChI=1S/C61H46N2O2/c1-61(2)55-27-14-12-24-51(55)52-35-33-46(39-56(52)61)62(43-19-8-4-9-20-43)45-31-29-42(30-32-45)49-25-16-26-54-50(37-38-58(64)60(49)54)53-36-34-47(40-59(53)65)63(44-21-10-5-11-22-44)57-28-15-13-23-48(57)41-17-6-3-7-18-41/h3-40,64-65H,1-2H3. The maximum absolute atomic E-state index is 12.0. The van der Waals surface area contributed by atoms with Crippen LogP contribution in [0.3, 0.4) is 0 Å². The summed E-state index contributed by atoms with van der Waals surface area (Å²) in [6.07, 6.45) is 0. The number of para-hydroxylation sites is 3. The molecule has 0 bridgehead atoms. The highest BCUT2D eigenvalue weighted by Crippen LogP contribution is 2.51. The number of nitrogens with zero attached hydrogens (tertiary/aromatic N) is 2. The van der Waals surface area contributed by atoms with E-state index in [1.54, 1.807) is 6.07 Å². The molecule has 10 aromatic carbocycles. The van der Waals surface area contributed by atoms with E-state index in [0.717, 1.165) is 72.7 Å². The van der Waals surface area contributed by atoms with E-state index < -0.39 is 0 Å². The van der Waals surface area contributed by atoms with Gasteiger partial charge in [-0.3, -0.25) is 0 Å². The monoisotopic (exact) mass is 838 g/mol. The van der Waals surface area contributed by atoms with Crippen LogP contribution < -0.4 is 9.80 Å². The molecule has 0 unspecified atom stereocenters. The zero-order valence-electron chi connectivity index (χ0n) is 36.2. The van der Waals surface area contributed by atoms with Crippen molar-refractivity contribution >= 4 is 44.9 Å². The van der Waals surface area contributed by atoms with Crippen LogP contribution in [0.15, 0.2) is 231 Å². The van der Waals surface area contributed by atoms with Crippen molar-refractivity contribution in [2.45, 2.75) is 19.3 Å². The molecular formula is C61H46N2O2. The Labute approximate surface area is 380 Å². The highest BCUT2D eigenvalue weighted by Gasteiger charge is 2.35. The Bertz CT molecular complexity index is 3360. The van der Waals surface area contributed by atoms with Crippen LogP contribution in [0.4, 0.5) is 34.1 Å². The molecule has 2 N–H and O–H groups in total. The Hall–Kier alpha value is -8.34. The average molecular weight is 839 g/mol. The van der Waals surface area contributed by atoms with Gasteiger partial charge < -0.3 is 20.0 Å². The topological polar surface area (TPSA) is 46.9 Å². The Morgan fingerprint density at radius 3 is 1.54 bits per heavy atom. The summed E-state index contributed by atoms with van der Waals surface area (Å²) in [5, 5.41) is 25.2. The first kappa shape index (κ1) is 39.5. The van der Waals surface area contributed by atoms with E-state index in [0.29, 0.717) is 5.56 Å². The lowest BCUT2D eigenvalue weighted by atomic mass is 9.82. The van der Waals surface area contributed by atoms with Crippen molar-refractivity contribution in [1.29, 1.82) is 0 Å². The number of phenols is 2. The van der Waals surface area contributed by atoms with Gasteiger partial charge in [-0.25, -0.2) is 0 Å². The maximum atomic E-state index is 12.0. The largest absolute Gasteiger partial charge is 0.507 e. The van der Waals surface area contributed by atoms with Gasteiger partial charge in [-0.05, 0) is 129 Å². The molecule has 0 atom stereocenters. The van der Waals surface area contributed by atoms with Gasteiger partial charge in [0, 0.05) is 56.4 Å². The number of fused-ring (bicyclic) bond motifs is 4. The van der Waals surface area contributed by atoms with Crippen LogP contribution in [-0.2, 0) is 5.41 Å². The van der Waals surface area contributed by atoms with Crippen molar-refractivity contribution in [2.24, 2.45) is 0 Å². The molecule has 0 amide bonds. The quantitative estimate of drug-likeness (QED) is 0.152. The van der Waals surface area contributed by atoms with Crippen LogP contribution in [0.2, 0.25) is 0 Å². The summed E-state index contributed by atoms with van der Waals surface area (Å²) in [5.41, 5.74) is 16.7. The third-order valence-corrected chi connectivity index (χ3v) is 13.1. The molecule has 4 nitrogen and oxygen atoms in total. The number of aromatic hydroxyl groups is 2. The number of hydrogen-bond acceptors (Lipinski definition) is 4. The fraction of sp³-hybridized carbons (Fsp3) is 0.0492. The highest BCUT2D eigenvalue weighted by molar-refractivity contribution is 6.08. The van der Waals surface area contributed by atoms with Crippen molar-refractivity contribution < 1.29 is 10.2 Å². The molecule has 0 aromatic heterocycles. The summed E-state index contributed by atoms with van der Waals surface area (Å²) in [6.45, 7) is 4.63. The zero-order valence-corrected chi connectivity index (χ0v) is 36.2. The molecule has 1 aliphatic rings. The fourth-order valence-electron chi connectivity index (χ4n) is 9.93. The Kier molecular flexibility index (Phi) is 9.78. The summed E-state index contributed by atoms with van der Waals surface area (Å²) >= 11 is 0. The van der Waals surface area contributed by atoms with Gasteiger partial charge in [0.05, 0.1) is 5.69 Å². The minimum Gasteiger partial charge on any atom is -0.507 e. The Balaban J connectivity index is 0.967. The predicted molar refractivity (Wildman–Crippen MR) is 271 cm³/mol. The van der Waals surface area contributed by atoms with Crippen LogP contribution in [0.5, 0.6) is 11.5 Å². The van der Waals surface area contributed by atoms with E-state index >= 15 is 0 Å². The molecule has 0 radical (unpaired) electrons. The van der Waals surface area contributed by atoms with Gasteiger partial charge in [0.15, 0.2) is 0 Å². The van der Waals surface area contributed by atoms with Gasteiger partial charge >= 0.3 is 0 Å². The van der Waals surface area contributed by atoms with Gasteiger partial charge in [-0.2, -0.15) is 0 Å². The molecule has 0 aliphatic heterocycles. The van der Waals surface area contributed by atoms with Crippen molar-refractivity contribution in [1.82, 2.24) is 0 Å². The molecule has 4 heteroatoms. The summed E-state index contributed by atoms with van der Waals surface area (Å²) < 4.78 is 0. The first-order chi connectivity index (χ1) is 31.8. The molecule has 0 fully saturated rings. The van der Waals surface area contributed by atoms with Crippen molar-refractivity contribution in [2.75, 3.05) is 9.80 Å². The lowest BCUT2D eigenvalue weighted by Gasteiger charge is -2.28. The summed E-state index contributed by atoms with van der Waals surface area (Å²) in [7, 11) is 0. The van der Waals surface area contributed by atoms with Crippen molar-refractivity contribution in [3.8, 4) is 56.0 Å². The Morgan fingerprint density at radius 2 is 0.831 bits per heavy atom. The van der Waals surface area contributed by atoms with E-state index in [1.807, 2.05) is 66.7 Å². The molecule has 1 aliphatic carbocycles. The highest BCUT2D eigenvalue weighted by atomic mass is 16.3. The number of rotatable bonds is 9. The zero-order chi connectivity index (χ0) is 44.1. The van der Waals surface area contributed by atoms with Crippen LogP contribution in [0.1, 0.15) is 25.0 Å². The van der Waals surface area contributed by atoms with E-state index in [9.17, 15) is 10.2 Å². The first-order valence-electron chi connectivity index (χ1n) is 22.1. The van der Waals surface area contributed by atoms with Crippen LogP contribution >= 0.6 is 0 Å². The SMILES string of the molecule is CC1(C)c2ccccc2-c2ccc(N(c3ccccc3)c3ccc(-c4cccc5c(-c6ccc(N(c7ccccc7)c7ccccc7-c7ccccc7)cc6O)ccc(O)c45)cc3)cc21. The molecule has 65 heavy (non-hydrogen) atoms. The number of anilines is 6. The first-order valence-corrected chi connectivity index (χ1v) is 22.1. The maximum Gasteiger partial charge on any atom is 0.125 e. The molecule has 0 saturated heterocycles. The average Bonchev–Trinajstić information content (AvgIpc) is 3.58. The third kappa shape index (κ3) is 6.88. The smallest absolute Gasteiger partial charge is 0.125 e. The molecule has 0 saturated carbocycles. The molecule has 0 heterocycles. The van der Waals surface area contributed by atoms with E-state index in [-0.39, 0.29) is 16.9 Å². The van der Waals surface area contributed by atoms with Gasteiger partial charge in [0.25, 0.3) is 0 Å². The molecule has 312 valence electrons. The lowest BCUT2D eigenvalue weighted by molar-refractivity contribution is 0.477. The normalized spacial score (nSPS) is 12.4. The second-order valence-corrected chi connectivity index (χ2v) is 17.2. The number of phenolic OH excluding ortho intramolecular Hbond substituents is 2. The molecule has 11 rings (SSSR count). The van der Waals surface area contributed by atoms with Gasteiger partial charge in [0.2, 0.25) is 0 Å². The number of benzene rings is 10. The van der Waals surface area contributed by atoms with Gasteiger partial charge in [-0.15, -0.1) is 0 Å². The summed E-state index contributed by atoms with van der Waals surface area (Å²) in [6, 6.07) is 79.3. The van der Waals surface area contributed by atoms with E-state index in [1.165, 1.54) is 22.3 Å². The Morgan fingerprint density at radius 1 is 0.323 bits per heavy atom. The second-order valence-electron chi connectivity index (χ2n) is 17.2. The van der Waals surface area contributed by atoms with Crippen molar-refractivity contribution in [3.05, 3.63) is 242 Å². The fourth-order valence-corrected chi connectivity index (χ4v) is 9.93. The van der Waals surface area contributed by atoms with Gasteiger partial charge in [0.1, 0.15) is 11.5 Å². The second kappa shape index (κ2) is 16.1. The van der Waals surface area contributed by atoms with Crippen LogP contribution in [0.25, 0.3) is 55.3 Å². The number of hydrogen-bond donors (Lipinski definition) is 2. The third-order valence-electron chi connectivity index (χ3n) is 13.1. The molecule has 0 spiro atoms. The minimum atomic E-state index is -0.126. The van der Waals surface area contributed by atoms with Crippen molar-refractivity contribution in [3.63, 3.8) is 0 Å². The summed E-state index contributed by atoms with van der Waals surface area (Å²) in [5.74, 6) is 0.321.